The van der Waals surface area contributed by atoms with Crippen LogP contribution in [0.25, 0.3) is 0 Å². The fourth-order valence-corrected chi connectivity index (χ4v) is 12.3. The molecule has 0 bridgehead atoms. The molecule has 4 aliphatic heterocycles. The monoisotopic (exact) mass is 1100 g/mol. The molecule has 27 unspecified atom stereocenters. The molecule has 76 heavy (non-hydrogen) atoms. The van der Waals surface area contributed by atoms with Crippen LogP contribution in [0, 0.1) is 23.7 Å². The van der Waals surface area contributed by atoms with E-state index < -0.39 is 203 Å². The average molecular weight is 1100 g/mol. The van der Waals surface area contributed by atoms with Gasteiger partial charge in [-0.1, -0.05) is 6.08 Å². The number of fused-ring (bicyclic) bond motifs is 1. The number of hydrogen-bond acceptors (Lipinski definition) is 26. The van der Waals surface area contributed by atoms with Crippen molar-refractivity contribution in [3.05, 3.63) is 12.2 Å². The summed E-state index contributed by atoms with van der Waals surface area (Å²) in [4.78, 5) is 26.1. The molecule has 8 fully saturated rings. The van der Waals surface area contributed by atoms with E-state index in [1.54, 1.807) is 0 Å². The standard InChI is InChI=1S/C50H80O26/c1-67-31-13-22(6-10-27(31)55)45-32(16-25-29(70-45)14-24(53)15-30(25)71-48-43(64)40(61)37(58)33(17-51)73-48)72-50-46(42(63)39(60)34(75-50)18-68-36(57)11-3-20-2-9-26(54)28(56)12-20)76-49-44(65)41(62)38(59)35(74-49)19-69-47(66)21-4-7-23(52)8-5-21/h3,11,20-35,37-46,48-56,58-65H,2,4-10,12-19H2,1H3. The summed E-state index contributed by atoms with van der Waals surface area (Å²) in [6.45, 7) is -2.01. The molecule has 0 radical (unpaired) electrons. The van der Waals surface area contributed by atoms with Crippen LogP contribution in [0.3, 0.4) is 0 Å². The third-order valence-corrected chi connectivity index (χ3v) is 16.9. The minimum absolute atomic E-state index is 0.0181. The van der Waals surface area contributed by atoms with Crippen molar-refractivity contribution in [2.75, 3.05) is 26.9 Å². The Morgan fingerprint density at radius 1 is 0.513 bits per heavy atom. The quantitative estimate of drug-likeness (QED) is 0.0508. The third-order valence-electron chi connectivity index (χ3n) is 16.9. The third kappa shape index (κ3) is 13.9. The van der Waals surface area contributed by atoms with Crippen LogP contribution in [0.2, 0.25) is 0 Å². The van der Waals surface area contributed by atoms with Gasteiger partial charge in [0.15, 0.2) is 18.9 Å². The number of ether oxygens (including phenoxy) is 10. The summed E-state index contributed by atoms with van der Waals surface area (Å²) in [5, 5.41) is 151. The lowest BCUT2D eigenvalue weighted by Crippen LogP contribution is -2.66. The summed E-state index contributed by atoms with van der Waals surface area (Å²) >= 11 is 0. The van der Waals surface area contributed by atoms with Crippen molar-refractivity contribution < 1.29 is 128 Å². The zero-order valence-corrected chi connectivity index (χ0v) is 42.4. The number of carbonyl (C=O) groups excluding carboxylic acids is 2. The topological polar surface area (TPSA) is 410 Å². The molecule has 26 nitrogen and oxygen atoms in total. The number of rotatable bonds is 16. The second kappa shape index (κ2) is 26.6. The number of carbonyl (C=O) groups is 2. The summed E-state index contributed by atoms with van der Waals surface area (Å²) in [5.74, 6) is -3.39. The first kappa shape index (κ1) is 59.9. The highest BCUT2D eigenvalue weighted by Crippen LogP contribution is 2.46. The number of esters is 2. The Morgan fingerprint density at radius 2 is 1.12 bits per heavy atom. The predicted octanol–water partition coefficient (Wildman–Crippen LogP) is -4.98. The van der Waals surface area contributed by atoms with E-state index in [2.05, 4.69) is 0 Å². The maximum absolute atomic E-state index is 13.1. The fraction of sp³-hybridized carbons (Fsp3) is 0.920. The van der Waals surface area contributed by atoms with E-state index >= 15 is 0 Å². The molecule has 27 atom stereocenters. The second-order valence-electron chi connectivity index (χ2n) is 22.1. The molecule has 4 saturated carbocycles. The Labute approximate surface area is 438 Å². The maximum atomic E-state index is 13.1. The summed E-state index contributed by atoms with van der Waals surface area (Å²) in [7, 11) is 1.45. The minimum atomic E-state index is -2.02. The molecule has 0 aromatic heterocycles. The van der Waals surface area contributed by atoms with Crippen molar-refractivity contribution in [1.29, 1.82) is 0 Å². The molecule has 4 heterocycles. The molecule has 26 heteroatoms. The van der Waals surface area contributed by atoms with Crippen LogP contribution in [0.15, 0.2) is 12.2 Å². The highest BCUT2D eigenvalue weighted by molar-refractivity contribution is 5.81. The molecular weight excluding hydrogens is 1020 g/mol. The van der Waals surface area contributed by atoms with Crippen LogP contribution < -0.4 is 0 Å². The van der Waals surface area contributed by atoms with Crippen molar-refractivity contribution >= 4 is 11.9 Å². The van der Waals surface area contributed by atoms with Gasteiger partial charge < -0.3 is 119 Å². The molecule has 8 rings (SSSR count). The van der Waals surface area contributed by atoms with Gasteiger partial charge in [-0.15, -0.1) is 0 Å². The Kier molecular flexibility index (Phi) is 21.0. The van der Waals surface area contributed by atoms with Crippen LogP contribution >= 0.6 is 0 Å². The van der Waals surface area contributed by atoms with E-state index in [4.69, 9.17) is 47.4 Å². The van der Waals surface area contributed by atoms with Crippen molar-refractivity contribution in [2.45, 2.75) is 237 Å². The first-order valence-electron chi connectivity index (χ1n) is 26.8. The van der Waals surface area contributed by atoms with Gasteiger partial charge in [-0.25, -0.2) is 4.79 Å². The van der Waals surface area contributed by atoms with Crippen LogP contribution in [0.1, 0.15) is 83.5 Å². The number of aliphatic hydroxyl groups excluding tert-OH is 14. The Bertz CT molecular complexity index is 1870. The van der Waals surface area contributed by atoms with E-state index in [1.807, 2.05) is 0 Å². The van der Waals surface area contributed by atoms with E-state index in [0.29, 0.717) is 51.4 Å². The van der Waals surface area contributed by atoms with E-state index in [-0.39, 0.29) is 38.0 Å². The second-order valence-corrected chi connectivity index (χ2v) is 22.1. The van der Waals surface area contributed by atoms with Gasteiger partial charge >= 0.3 is 11.9 Å². The molecule has 436 valence electrons. The molecule has 14 N–H and O–H groups in total. The molecule has 8 aliphatic rings. The summed E-state index contributed by atoms with van der Waals surface area (Å²) < 4.78 is 60.7. The SMILES string of the molecule is COC1CC(C2OC3CC(O)CC(OC4OC(CO)C(O)C(O)C4O)C3CC2OC2OC(COC(=O)C=CC3CCC(O)C(O)C3)C(O)C(O)C2OC2OC(COC(=O)C3CCC(O)CC3)C(O)C(O)C2O)CCC1O. The Morgan fingerprint density at radius 3 is 1.79 bits per heavy atom. The van der Waals surface area contributed by atoms with Gasteiger partial charge in [-0.05, 0) is 88.9 Å². The summed E-state index contributed by atoms with van der Waals surface area (Å²) in [6.07, 6.45) is -28.8. The minimum Gasteiger partial charge on any atom is -0.463 e. The molecule has 0 aromatic rings. The first-order chi connectivity index (χ1) is 36.2. The lowest BCUT2D eigenvalue weighted by Gasteiger charge is -2.53. The van der Waals surface area contributed by atoms with Crippen LogP contribution in [-0.4, -0.2) is 264 Å². The largest absolute Gasteiger partial charge is 0.463 e. The zero-order chi connectivity index (χ0) is 54.7. The highest BCUT2D eigenvalue weighted by atomic mass is 16.8. The van der Waals surface area contributed by atoms with Gasteiger partial charge in [0.05, 0.1) is 73.6 Å². The lowest BCUT2D eigenvalue weighted by atomic mass is 9.72. The van der Waals surface area contributed by atoms with E-state index in [1.165, 1.54) is 13.2 Å². The van der Waals surface area contributed by atoms with Gasteiger partial charge in [0, 0.05) is 25.5 Å². The first-order valence-corrected chi connectivity index (χ1v) is 26.8. The normalized spacial score (nSPS) is 49.4. The summed E-state index contributed by atoms with van der Waals surface area (Å²) in [6, 6.07) is 0. The average Bonchev–Trinajstić information content (AvgIpc) is 3.42. The zero-order valence-electron chi connectivity index (χ0n) is 42.4. The molecule has 4 saturated heterocycles. The Hall–Kier alpha value is -2.20. The van der Waals surface area contributed by atoms with Crippen molar-refractivity contribution in [2.24, 2.45) is 23.7 Å². The summed E-state index contributed by atoms with van der Waals surface area (Å²) in [5.41, 5.74) is 0. The molecule has 4 aliphatic carbocycles. The number of allylic oxidation sites excluding steroid dienone is 1. The number of hydrogen-bond donors (Lipinski definition) is 14. The molecular formula is C50H80O26. The van der Waals surface area contributed by atoms with Gasteiger partial charge in [0.1, 0.15) is 86.5 Å². The van der Waals surface area contributed by atoms with Crippen molar-refractivity contribution in [1.82, 2.24) is 0 Å². The fourth-order valence-electron chi connectivity index (χ4n) is 12.3. The van der Waals surface area contributed by atoms with Gasteiger partial charge in [0.25, 0.3) is 0 Å². The molecule has 0 amide bonds. The van der Waals surface area contributed by atoms with Crippen molar-refractivity contribution in [3.63, 3.8) is 0 Å². The lowest BCUT2D eigenvalue weighted by molar-refractivity contribution is -0.380. The molecule has 0 spiro atoms. The van der Waals surface area contributed by atoms with Gasteiger partial charge in [-0.3, -0.25) is 4.79 Å². The van der Waals surface area contributed by atoms with Gasteiger partial charge in [-0.2, -0.15) is 0 Å². The maximum Gasteiger partial charge on any atom is 0.330 e. The van der Waals surface area contributed by atoms with E-state index in [9.17, 15) is 81.1 Å². The van der Waals surface area contributed by atoms with E-state index in [0.717, 1.165) is 6.08 Å². The molecule has 0 aromatic carbocycles. The predicted molar refractivity (Wildman–Crippen MR) is 250 cm³/mol. The van der Waals surface area contributed by atoms with Crippen LogP contribution in [-0.2, 0) is 57.0 Å². The van der Waals surface area contributed by atoms with Gasteiger partial charge in [0.2, 0.25) is 0 Å². The smallest absolute Gasteiger partial charge is 0.330 e. The highest BCUT2D eigenvalue weighted by Gasteiger charge is 2.56. The van der Waals surface area contributed by atoms with Crippen molar-refractivity contribution in [3.8, 4) is 0 Å². The Balaban J connectivity index is 1.06. The number of aliphatic hydroxyl groups is 14. The van der Waals surface area contributed by atoms with Crippen LogP contribution in [0.5, 0.6) is 0 Å². The van der Waals surface area contributed by atoms with Crippen LogP contribution in [0.4, 0.5) is 0 Å². The number of methoxy groups -OCH3 is 1.